The van der Waals surface area contributed by atoms with E-state index in [1.165, 1.54) is 42.3 Å². The molecule has 3 aromatic rings. The fourth-order valence-electron chi connectivity index (χ4n) is 3.02. The number of amides is 1. The molecule has 0 unspecified atom stereocenters. The molecule has 7 nitrogen and oxygen atoms in total. The van der Waals surface area contributed by atoms with Crippen molar-refractivity contribution in [2.24, 2.45) is 4.99 Å². The fraction of sp³-hybridized carbons (Fsp3) is 0.286. The third-order valence-corrected chi connectivity index (χ3v) is 6.62. The zero-order valence-electron chi connectivity index (χ0n) is 16.6. The lowest BCUT2D eigenvalue weighted by Gasteiger charge is -2.05. The maximum Gasteiger partial charge on any atom is 0.307 e. The van der Waals surface area contributed by atoms with Crippen LogP contribution in [0.4, 0.5) is 4.39 Å². The Bertz CT molecular complexity index is 1190. The van der Waals surface area contributed by atoms with Gasteiger partial charge in [-0.1, -0.05) is 11.3 Å². The third-order valence-electron chi connectivity index (χ3n) is 4.56. The SMILES string of the molecule is COC(=O)CCn1c(=NC(=O)CCSc2ccc(F)cc2)sc2cc3c(cc21)OCO3. The highest BCUT2D eigenvalue weighted by Crippen LogP contribution is 2.37. The minimum Gasteiger partial charge on any atom is -0.469 e. The summed E-state index contributed by atoms with van der Waals surface area (Å²) in [7, 11) is 1.34. The largest absolute Gasteiger partial charge is 0.469 e. The molecule has 0 radical (unpaired) electrons. The standard InChI is InChI=1S/C21H19FN2O5S2/c1-27-20(26)6-8-24-15-10-16-17(29-12-28-16)11-18(15)31-21(24)23-19(25)7-9-30-14-4-2-13(22)3-5-14/h2-5,10-11H,6-9,12H2,1H3. The molecule has 4 rings (SSSR count). The van der Waals surface area contributed by atoms with Crippen LogP contribution >= 0.6 is 23.1 Å². The molecule has 1 aromatic heterocycles. The minimum atomic E-state index is -0.347. The van der Waals surface area contributed by atoms with Crippen molar-refractivity contribution in [2.75, 3.05) is 19.7 Å². The first-order valence-corrected chi connectivity index (χ1v) is 11.3. The van der Waals surface area contributed by atoms with Crippen LogP contribution in [0.5, 0.6) is 11.5 Å². The molecule has 0 aliphatic carbocycles. The molecular formula is C21H19FN2O5S2. The number of ether oxygens (including phenoxy) is 3. The van der Waals surface area contributed by atoms with Crippen molar-refractivity contribution in [1.29, 1.82) is 0 Å². The number of carbonyl (C=O) groups is 2. The molecule has 0 spiro atoms. The van der Waals surface area contributed by atoms with Crippen molar-refractivity contribution in [3.05, 3.63) is 47.0 Å². The summed E-state index contributed by atoms with van der Waals surface area (Å²) in [6, 6.07) is 9.82. The van der Waals surface area contributed by atoms with Crippen molar-refractivity contribution in [3.8, 4) is 11.5 Å². The Morgan fingerprint density at radius 2 is 1.94 bits per heavy atom. The number of rotatable bonds is 7. The van der Waals surface area contributed by atoms with Gasteiger partial charge in [0.1, 0.15) is 5.82 Å². The number of esters is 1. The van der Waals surface area contributed by atoms with E-state index in [-0.39, 0.29) is 37.3 Å². The van der Waals surface area contributed by atoms with E-state index < -0.39 is 0 Å². The van der Waals surface area contributed by atoms with Gasteiger partial charge in [0.05, 0.1) is 23.7 Å². The lowest BCUT2D eigenvalue weighted by Crippen LogP contribution is -2.19. The van der Waals surface area contributed by atoms with Crippen LogP contribution in [0.2, 0.25) is 0 Å². The molecule has 0 fully saturated rings. The fourth-order valence-corrected chi connectivity index (χ4v) is 4.94. The predicted octanol–water partition coefficient (Wildman–Crippen LogP) is 3.74. The van der Waals surface area contributed by atoms with Gasteiger partial charge in [-0.2, -0.15) is 4.99 Å². The van der Waals surface area contributed by atoms with Gasteiger partial charge in [-0.05, 0) is 24.3 Å². The number of hydrogen-bond acceptors (Lipinski definition) is 7. The van der Waals surface area contributed by atoms with Crippen LogP contribution in [0.3, 0.4) is 0 Å². The first-order chi connectivity index (χ1) is 15.0. The summed E-state index contributed by atoms with van der Waals surface area (Å²) >= 11 is 2.81. The molecule has 0 N–H and O–H groups in total. The number of thiazole rings is 1. The Balaban J connectivity index is 1.55. The summed E-state index contributed by atoms with van der Waals surface area (Å²) in [6.45, 7) is 0.485. The molecule has 31 heavy (non-hydrogen) atoms. The second-order valence-corrected chi connectivity index (χ2v) is 8.77. The van der Waals surface area contributed by atoms with Gasteiger partial charge in [0, 0.05) is 35.7 Å². The van der Waals surface area contributed by atoms with E-state index in [1.807, 2.05) is 16.7 Å². The Morgan fingerprint density at radius 3 is 2.68 bits per heavy atom. The van der Waals surface area contributed by atoms with Gasteiger partial charge >= 0.3 is 5.97 Å². The minimum absolute atomic E-state index is 0.151. The maximum atomic E-state index is 13.0. The molecule has 0 bridgehead atoms. The van der Waals surface area contributed by atoms with E-state index in [4.69, 9.17) is 14.2 Å². The van der Waals surface area contributed by atoms with Crippen molar-refractivity contribution in [1.82, 2.24) is 4.57 Å². The molecule has 10 heteroatoms. The highest BCUT2D eigenvalue weighted by Gasteiger charge is 2.18. The van der Waals surface area contributed by atoms with Gasteiger partial charge < -0.3 is 18.8 Å². The van der Waals surface area contributed by atoms with Crippen LogP contribution in [-0.2, 0) is 20.9 Å². The topological polar surface area (TPSA) is 79.1 Å². The number of thioether (sulfide) groups is 1. The van der Waals surface area contributed by atoms with Crippen LogP contribution in [-0.4, -0.2) is 36.1 Å². The van der Waals surface area contributed by atoms with Crippen LogP contribution in [0.1, 0.15) is 12.8 Å². The quantitative estimate of drug-likeness (QED) is 0.393. The van der Waals surface area contributed by atoms with Crippen molar-refractivity contribution >= 4 is 45.2 Å². The van der Waals surface area contributed by atoms with E-state index in [0.717, 1.165) is 15.1 Å². The average Bonchev–Trinajstić information content (AvgIpc) is 3.35. The molecule has 1 amide bonds. The molecular weight excluding hydrogens is 443 g/mol. The molecule has 0 saturated heterocycles. The van der Waals surface area contributed by atoms with Gasteiger partial charge in [0.15, 0.2) is 16.3 Å². The van der Waals surface area contributed by atoms with Gasteiger partial charge in [0.2, 0.25) is 12.7 Å². The molecule has 2 aromatic carbocycles. The highest BCUT2D eigenvalue weighted by atomic mass is 32.2. The Hall–Kier alpha value is -2.85. The summed E-state index contributed by atoms with van der Waals surface area (Å²) in [5, 5.41) is 0. The van der Waals surface area contributed by atoms with Gasteiger partial charge in [-0.15, -0.1) is 11.8 Å². The number of methoxy groups -OCH3 is 1. The Morgan fingerprint density at radius 1 is 1.19 bits per heavy atom. The number of halogens is 1. The van der Waals surface area contributed by atoms with E-state index in [9.17, 15) is 14.0 Å². The van der Waals surface area contributed by atoms with Crippen molar-refractivity contribution < 1.29 is 28.2 Å². The summed E-state index contributed by atoms with van der Waals surface area (Å²) < 4.78 is 31.3. The van der Waals surface area contributed by atoms with Gasteiger partial charge in [0.25, 0.3) is 0 Å². The predicted molar refractivity (Wildman–Crippen MR) is 115 cm³/mol. The maximum absolute atomic E-state index is 13.0. The van der Waals surface area contributed by atoms with E-state index in [2.05, 4.69) is 4.99 Å². The number of aryl methyl sites for hydroxylation is 1. The second-order valence-electron chi connectivity index (χ2n) is 6.59. The number of aromatic nitrogens is 1. The van der Waals surface area contributed by atoms with Gasteiger partial charge in [-0.3, -0.25) is 9.59 Å². The number of fused-ring (bicyclic) bond motifs is 2. The molecule has 0 atom stereocenters. The molecule has 1 aliphatic rings. The van der Waals surface area contributed by atoms with Crippen LogP contribution in [0, 0.1) is 5.82 Å². The first kappa shape index (κ1) is 21.4. The number of benzene rings is 2. The molecule has 162 valence electrons. The van der Waals surface area contributed by atoms with Crippen LogP contribution in [0.15, 0.2) is 46.3 Å². The van der Waals surface area contributed by atoms with E-state index in [1.54, 1.807) is 12.1 Å². The Kier molecular flexibility index (Phi) is 6.57. The summed E-state index contributed by atoms with van der Waals surface area (Å²) in [5.74, 6) is 0.872. The van der Waals surface area contributed by atoms with Gasteiger partial charge in [-0.25, -0.2) is 4.39 Å². The van der Waals surface area contributed by atoms with Crippen LogP contribution < -0.4 is 14.3 Å². The second kappa shape index (κ2) is 9.52. The zero-order valence-corrected chi connectivity index (χ0v) is 18.3. The van der Waals surface area contributed by atoms with E-state index in [0.29, 0.717) is 28.6 Å². The summed E-state index contributed by atoms with van der Waals surface area (Å²) in [5.41, 5.74) is 0.811. The normalized spacial score (nSPS) is 13.0. The first-order valence-electron chi connectivity index (χ1n) is 9.49. The monoisotopic (exact) mass is 462 g/mol. The van der Waals surface area contributed by atoms with E-state index >= 15 is 0 Å². The lowest BCUT2D eigenvalue weighted by atomic mass is 10.3. The highest BCUT2D eigenvalue weighted by molar-refractivity contribution is 7.99. The summed E-state index contributed by atoms with van der Waals surface area (Å²) in [6.07, 6.45) is 0.384. The smallest absolute Gasteiger partial charge is 0.307 e. The Labute approximate surface area is 185 Å². The number of carbonyl (C=O) groups excluding carboxylic acids is 2. The average molecular weight is 463 g/mol. The number of hydrogen-bond donors (Lipinski definition) is 0. The lowest BCUT2D eigenvalue weighted by molar-refractivity contribution is -0.140. The van der Waals surface area contributed by atoms with Crippen molar-refractivity contribution in [2.45, 2.75) is 24.3 Å². The molecule has 2 heterocycles. The van der Waals surface area contributed by atoms with Crippen molar-refractivity contribution in [3.63, 3.8) is 0 Å². The summed E-state index contributed by atoms with van der Waals surface area (Å²) in [4.78, 5) is 29.8. The third kappa shape index (κ3) is 5.08. The molecule has 1 aliphatic heterocycles. The zero-order chi connectivity index (χ0) is 21.8. The molecule has 0 saturated carbocycles. The van der Waals surface area contributed by atoms with Crippen LogP contribution in [0.25, 0.3) is 10.2 Å². The number of nitrogens with zero attached hydrogens (tertiary/aromatic N) is 2.